The van der Waals surface area contributed by atoms with Crippen LogP contribution in [0.1, 0.15) is 19.8 Å². The number of carbonyl (C=O) groups excluding carboxylic acids is 1. The number of rotatable bonds is 2. The SMILES string of the molecule is CC1CCCN(C(=O)Nc2ccc(F)c(Cl)c2)C1CO. The van der Waals surface area contributed by atoms with E-state index in [4.69, 9.17) is 11.6 Å². The Bertz CT molecular complexity index is 498. The Balaban J connectivity index is 2.08. The summed E-state index contributed by atoms with van der Waals surface area (Å²) in [5, 5.41) is 12.1. The Kier molecular flexibility index (Phi) is 4.83. The summed E-state index contributed by atoms with van der Waals surface area (Å²) in [6.07, 6.45) is 1.91. The summed E-state index contributed by atoms with van der Waals surface area (Å²) in [5.74, 6) is -0.263. The molecular formula is C14H18ClFN2O2. The van der Waals surface area contributed by atoms with E-state index in [1.54, 1.807) is 4.90 Å². The van der Waals surface area contributed by atoms with Crippen LogP contribution in [0.2, 0.25) is 5.02 Å². The second-order valence-electron chi connectivity index (χ2n) is 5.12. The molecule has 0 saturated carbocycles. The lowest BCUT2D eigenvalue weighted by atomic mass is 9.91. The van der Waals surface area contributed by atoms with Crippen molar-refractivity contribution < 1.29 is 14.3 Å². The number of aliphatic hydroxyl groups is 1. The van der Waals surface area contributed by atoms with Crippen LogP contribution in [0.15, 0.2) is 18.2 Å². The van der Waals surface area contributed by atoms with Gasteiger partial charge < -0.3 is 15.3 Å². The number of nitrogens with zero attached hydrogens (tertiary/aromatic N) is 1. The topological polar surface area (TPSA) is 52.6 Å². The molecule has 0 aromatic heterocycles. The molecule has 1 fully saturated rings. The predicted molar refractivity (Wildman–Crippen MR) is 76.4 cm³/mol. The normalized spacial score (nSPS) is 22.7. The Morgan fingerprint density at radius 3 is 3.00 bits per heavy atom. The maximum Gasteiger partial charge on any atom is 0.322 e. The van der Waals surface area contributed by atoms with Crippen molar-refractivity contribution in [1.82, 2.24) is 4.90 Å². The van der Waals surface area contributed by atoms with Gasteiger partial charge in [0.05, 0.1) is 17.7 Å². The molecule has 6 heteroatoms. The maximum atomic E-state index is 13.1. The summed E-state index contributed by atoms with van der Waals surface area (Å²) in [6, 6.07) is 3.56. The summed E-state index contributed by atoms with van der Waals surface area (Å²) in [4.78, 5) is 13.9. The highest BCUT2D eigenvalue weighted by Gasteiger charge is 2.31. The van der Waals surface area contributed by atoms with E-state index in [1.807, 2.05) is 6.92 Å². The van der Waals surface area contributed by atoms with Crippen LogP contribution in [-0.4, -0.2) is 35.2 Å². The Hall–Kier alpha value is -1.33. The number of benzene rings is 1. The zero-order valence-corrected chi connectivity index (χ0v) is 12.0. The van der Waals surface area contributed by atoms with Crippen molar-refractivity contribution in [3.05, 3.63) is 29.0 Å². The molecule has 0 aliphatic carbocycles. The van der Waals surface area contributed by atoms with Gasteiger partial charge in [-0.1, -0.05) is 18.5 Å². The number of aliphatic hydroxyl groups excluding tert-OH is 1. The Morgan fingerprint density at radius 2 is 2.35 bits per heavy atom. The van der Waals surface area contributed by atoms with Gasteiger partial charge in [-0.3, -0.25) is 0 Å². The molecule has 0 spiro atoms. The number of piperidine rings is 1. The molecule has 1 aromatic rings. The molecule has 1 saturated heterocycles. The average Bonchev–Trinajstić information content (AvgIpc) is 2.42. The number of anilines is 1. The number of carbonyl (C=O) groups is 1. The fourth-order valence-electron chi connectivity index (χ4n) is 2.55. The summed E-state index contributed by atoms with van der Waals surface area (Å²) in [7, 11) is 0. The minimum atomic E-state index is -0.524. The van der Waals surface area contributed by atoms with Gasteiger partial charge in [0.1, 0.15) is 5.82 Å². The summed E-state index contributed by atoms with van der Waals surface area (Å²) in [6.45, 7) is 2.57. The van der Waals surface area contributed by atoms with Gasteiger partial charge in [-0.25, -0.2) is 9.18 Å². The molecule has 2 rings (SSSR count). The zero-order valence-electron chi connectivity index (χ0n) is 11.3. The van der Waals surface area contributed by atoms with E-state index in [0.717, 1.165) is 12.8 Å². The second-order valence-corrected chi connectivity index (χ2v) is 5.53. The average molecular weight is 301 g/mol. The molecule has 2 atom stereocenters. The monoisotopic (exact) mass is 300 g/mol. The van der Waals surface area contributed by atoms with Crippen molar-refractivity contribution in [3.8, 4) is 0 Å². The van der Waals surface area contributed by atoms with Gasteiger partial charge in [0.25, 0.3) is 0 Å². The van der Waals surface area contributed by atoms with Gasteiger partial charge in [0, 0.05) is 12.2 Å². The van der Waals surface area contributed by atoms with E-state index in [-0.39, 0.29) is 29.6 Å². The van der Waals surface area contributed by atoms with E-state index in [1.165, 1.54) is 18.2 Å². The smallest absolute Gasteiger partial charge is 0.322 e. The zero-order chi connectivity index (χ0) is 14.7. The maximum absolute atomic E-state index is 13.1. The van der Waals surface area contributed by atoms with Crippen LogP contribution >= 0.6 is 11.6 Å². The number of likely N-dealkylation sites (tertiary alicyclic amines) is 1. The summed E-state index contributed by atoms with van der Waals surface area (Å²) >= 11 is 5.68. The third-order valence-corrected chi connectivity index (χ3v) is 4.02. The van der Waals surface area contributed by atoms with Crippen LogP contribution in [0, 0.1) is 11.7 Å². The van der Waals surface area contributed by atoms with Crippen LogP contribution in [0.5, 0.6) is 0 Å². The first kappa shape index (κ1) is 15.1. The highest BCUT2D eigenvalue weighted by molar-refractivity contribution is 6.31. The first-order chi connectivity index (χ1) is 9.52. The predicted octanol–water partition coefficient (Wildman–Crippen LogP) is 3.10. The van der Waals surface area contributed by atoms with Crippen molar-refractivity contribution in [1.29, 1.82) is 0 Å². The van der Waals surface area contributed by atoms with E-state index in [9.17, 15) is 14.3 Å². The van der Waals surface area contributed by atoms with Crippen molar-refractivity contribution in [2.75, 3.05) is 18.5 Å². The molecule has 2 N–H and O–H groups in total. The molecule has 2 amide bonds. The van der Waals surface area contributed by atoms with Gasteiger partial charge in [-0.05, 0) is 37.0 Å². The summed E-state index contributed by atoms with van der Waals surface area (Å²) < 4.78 is 13.1. The number of amides is 2. The van der Waals surface area contributed by atoms with Crippen molar-refractivity contribution in [3.63, 3.8) is 0 Å². The molecule has 0 radical (unpaired) electrons. The minimum absolute atomic E-state index is 0.0338. The van der Waals surface area contributed by atoms with Crippen LogP contribution in [0.4, 0.5) is 14.9 Å². The molecule has 1 aliphatic rings. The van der Waals surface area contributed by atoms with Gasteiger partial charge in [-0.2, -0.15) is 0 Å². The van der Waals surface area contributed by atoms with Crippen LogP contribution in [-0.2, 0) is 0 Å². The second kappa shape index (κ2) is 6.41. The standard InChI is InChI=1S/C14H18ClFN2O2/c1-9-3-2-6-18(13(9)8-19)14(20)17-10-4-5-12(16)11(15)7-10/h4-5,7,9,13,19H,2-3,6,8H2,1H3,(H,17,20). The van der Waals surface area contributed by atoms with Gasteiger partial charge in [0.2, 0.25) is 0 Å². The van der Waals surface area contributed by atoms with Crippen LogP contribution < -0.4 is 5.32 Å². The van der Waals surface area contributed by atoms with Gasteiger partial charge in [-0.15, -0.1) is 0 Å². The first-order valence-corrected chi connectivity index (χ1v) is 7.04. The highest BCUT2D eigenvalue weighted by Crippen LogP contribution is 2.25. The number of hydrogen-bond donors (Lipinski definition) is 2. The molecule has 110 valence electrons. The highest BCUT2D eigenvalue weighted by atomic mass is 35.5. The van der Waals surface area contributed by atoms with E-state index in [2.05, 4.69) is 5.32 Å². The first-order valence-electron chi connectivity index (χ1n) is 6.66. The molecule has 4 nitrogen and oxygen atoms in total. The number of hydrogen-bond acceptors (Lipinski definition) is 2. The molecule has 1 aromatic carbocycles. The molecule has 1 heterocycles. The van der Waals surface area contributed by atoms with Crippen LogP contribution in [0.25, 0.3) is 0 Å². The summed E-state index contributed by atoms with van der Waals surface area (Å²) in [5.41, 5.74) is 0.441. The Labute approximate surface area is 122 Å². The number of urea groups is 1. The number of halogens is 2. The number of nitrogens with one attached hydrogen (secondary N) is 1. The third-order valence-electron chi connectivity index (χ3n) is 3.73. The van der Waals surface area contributed by atoms with Crippen molar-refractivity contribution >= 4 is 23.3 Å². The third kappa shape index (κ3) is 3.22. The van der Waals surface area contributed by atoms with Gasteiger partial charge in [0.15, 0.2) is 0 Å². The van der Waals surface area contributed by atoms with E-state index < -0.39 is 5.82 Å². The fraction of sp³-hybridized carbons (Fsp3) is 0.500. The van der Waals surface area contributed by atoms with Gasteiger partial charge >= 0.3 is 6.03 Å². The molecule has 2 unspecified atom stereocenters. The largest absolute Gasteiger partial charge is 0.394 e. The van der Waals surface area contributed by atoms with Crippen molar-refractivity contribution in [2.24, 2.45) is 5.92 Å². The van der Waals surface area contributed by atoms with E-state index >= 15 is 0 Å². The lowest BCUT2D eigenvalue weighted by molar-refractivity contribution is 0.0811. The lowest BCUT2D eigenvalue weighted by Gasteiger charge is -2.38. The molecular weight excluding hydrogens is 283 g/mol. The molecule has 0 bridgehead atoms. The molecule has 20 heavy (non-hydrogen) atoms. The van der Waals surface area contributed by atoms with Crippen molar-refractivity contribution in [2.45, 2.75) is 25.8 Å². The minimum Gasteiger partial charge on any atom is -0.394 e. The fourth-order valence-corrected chi connectivity index (χ4v) is 2.73. The Morgan fingerprint density at radius 1 is 1.60 bits per heavy atom. The van der Waals surface area contributed by atoms with Crippen LogP contribution in [0.3, 0.4) is 0 Å². The lowest BCUT2D eigenvalue weighted by Crippen LogP contribution is -2.51. The quantitative estimate of drug-likeness (QED) is 0.882. The van der Waals surface area contributed by atoms with E-state index in [0.29, 0.717) is 12.2 Å². The molecule has 1 aliphatic heterocycles.